The number of aromatic amines is 2. The van der Waals surface area contributed by atoms with Crippen LogP contribution in [0.2, 0.25) is 0 Å². The third kappa shape index (κ3) is 8.24. The van der Waals surface area contributed by atoms with Crippen molar-refractivity contribution in [1.29, 1.82) is 0 Å². The van der Waals surface area contributed by atoms with Crippen molar-refractivity contribution in [3.8, 4) is 0 Å². The van der Waals surface area contributed by atoms with Gasteiger partial charge in [0.05, 0.1) is 5.39 Å². The number of aryl methyl sites for hydroxylation is 2. The number of hydrogen-bond donors (Lipinski definition) is 6. The van der Waals surface area contributed by atoms with Crippen LogP contribution in [0.3, 0.4) is 0 Å². The second-order valence-corrected chi connectivity index (χ2v) is 6.98. The average Bonchev–Trinajstić information content (AvgIpc) is 3.12. The van der Waals surface area contributed by atoms with Crippen LogP contribution in [0, 0.1) is 0 Å². The number of nitrogen functional groups attached to an aromatic ring is 1. The van der Waals surface area contributed by atoms with Gasteiger partial charge in [0.25, 0.3) is 11.5 Å². The molecule has 2 aromatic heterocycles. The third-order valence-electron chi connectivity index (χ3n) is 4.79. The molecule has 1 atom stereocenters. The van der Waals surface area contributed by atoms with Gasteiger partial charge in [-0.3, -0.25) is 19.4 Å². The standard InChI is InChI=1S/C20H21N5O6.2Na.H2O/c21-20-24-16-15(18(29)25-20)12(9-22-16)6-3-10-1-4-11(5-2-10)17(28)23-13(19(30)31)7-8-14(26)27;;;/h1-2,4-5,9,13H,3,6-8H2,(H,23,28)(H,26,27)(H,30,31)(H4,21,22,24,25,29);;;1H2/t13-;;;/m0.../s1. The number of H-pyrrole nitrogens is 2. The molecule has 0 aliphatic carbocycles. The molecule has 0 spiro atoms. The maximum atomic E-state index is 12.3. The van der Waals surface area contributed by atoms with Gasteiger partial charge < -0.3 is 31.7 Å². The molecular weight excluding hydrogens is 468 g/mol. The van der Waals surface area contributed by atoms with Crippen molar-refractivity contribution in [1.82, 2.24) is 20.3 Å². The monoisotopic (exact) mass is 491 g/mol. The van der Waals surface area contributed by atoms with Gasteiger partial charge in [0.1, 0.15) is 11.7 Å². The fourth-order valence-corrected chi connectivity index (χ4v) is 3.19. The Hall–Kier alpha value is -2.19. The second kappa shape index (κ2) is 14.3. The van der Waals surface area contributed by atoms with Gasteiger partial charge in [-0.1, -0.05) is 12.1 Å². The van der Waals surface area contributed by atoms with Crippen LogP contribution in [0.5, 0.6) is 0 Å². The Balaban J connectivity index is 0.00000363. The molecule has 3 rings (SSSR count). The number of carboxylic acids is 2. The van der Waals surface area contributed by atoms with E-state index in [2.05, 4.69) is 20.3 Å². The number of amides is 1. The van der Waals surface area contributed by atoms with Crippen LogP contribution in [0.25, 0.3) is 11.0 Å². The summed E-state index contributed by atoms with van der Waals surface area (Å²) in [4.78, 5) is 55.7. The van der Waals surface area contributed by atoms with Crippen LogP contribution in [0.4, 0.5) is 5.95 Å². The Labute approximate surface area is 237 Å². The number of carboxylic acid groups (broad SMARTS) is 2. The topological polar surface area (TPSA) is 223 Å². The van der Waals surface area contributed by atoms with Crippen molar-refractivity contribution in [3.05, 3.63) is 57.5 Å². The second-order valence-electron chi connectivity index (χ2n) is 6.98. The van der Waals surface area contributed by atoms with E-state index in [1.807, 2.05) is 0 Å². The molecule has 0 unspecified atom stereocenters. The maximum Gasteiger partial charge on any atom is 0.326 e. The molecule has 1 amide bonds. The zero-order chi connectivity index (χ0) is 22.5. The normalized spacial score (nSPS) is 10.8. The zero-order valence-electron chi connectivity index (χ0n) is 18.8. The fraction of sp³-hybridized carbons (Fsp3) is 0.250. The zero-order valence-corrected chi connectivity index (χ0v) is 22.8. The Morgan fingerprint density at radius 2 is 1.74 bits per heavy atom. The molecule has 0 bridgehead atoms. The fourth-order valence-electron chi connectivity index (χ4n) is 3.19. The summed E-state index contributed by atoms with van der Waals surface area (Å²) in [6.07, 6.45) is 2.27. The molecule has 172 valence electrons. The van der Waals surface area contributed by atoms with Crippen LogP contribution in [-0.2, 0) is 22.4 Å². The van der Waals surface area contributed by atoms with E-state index < -0.39 is 23.9 Å². The summed E-state index contributed by atoms with van der Waals surface area (Å²) in [6, 6.07) is 5.30. The molecular formula is C20H23N5Na2O7. The van der Waals surface area contributed by atoms with Crippen LogP contribution in [0.15, 0.2) is 35.3 Å². The van der Waals surface area contributed by atoms with Gasteiger partial charge in [0, 0.05) is 77.3 Å². The minimum Gasteiger partial charge on any atom is -0.481 e. The first-order valence-corrected chi connectivity index (χ1v) is 9.44. The number of nitrogens with one attached hydrogen (secondary N) is 3. The van der Waals surface area contributed by atoms with E-state index >= 15 is 0 Å². The Morgan fingerprint density at radius 3 is 2.32 bits per heavy atom. The Bertz CT molecular complexity index is 1190. The molecule has 12 nitrogen and oxygen atoms in total. The first-order valence-electron chi connectivity index (χ1n) is 9.44. The number of aromatic nitrogens is 3. The summed E-state index contributed by atoms with van der Waals surface area (Å²) in [5.41, 5.74) is 7.59. The molecule has 0 aliphatic rings. The number of nitrogens with two attached hydrogens (primary N) is 1. The van der Waals surface area contributed by atoms with Crippen molar-refractivity contribution in [2.75, 3.05) is 5.73 Å². The van der Waals surface area contributed by atoms with E-state index in [0.29, 0.717) is 23.9 Å². The summed E-state index contributed by atoms with van der Waals surface area (Å²) in [6.45, 7) is 0. The largest absolute Gasteiger partial charge is 0.481 e. The molecule has 2 radical (unpaired) electrons. The Kier molecular flexibility index (Phi) is 13.3. The van der Waals surface area contributed by atoms with Crippen molar-refractivity contribution in [2.45, 2.75) is 31.7 Å². The minimum atomic E-state index is -1.30. The van der Waals surface area contributed by atoms with Gasteiger partial charge in [0.15, 0.2) is 0 Å². The summed E-state index contributed by atoms with van der Waals surface area (Å²) in [5, 5.41) is 20.6. The number of aliphatic carboxylic acids is 2. The predicted octanol–water partition coefficient (Wildman–Crippen LogP) is -0.920. The number of hydrogen-bond acceptors (Lipinski definition) is 6. The molecule has 1 aromatic carbocycles. The summed E-state index contributed by atoms with van der Waals surface area (Å²) >= 11 is 0. The molecule has 0 saturated carbocycles. The molecule has 14 heteroatoms. The molecule has 9 N–H and O–H groups in total. The first kappa shape index (κ1) is 31.8. The van der Waals surface area contributed by atoms with E-state index in [1.54, 1.807) is 30.5 Å². The molecule has 0 fully saturated rings. The van der Waals surface area contributed by atoms with Crippen LogP contribution in [0.1, 0.15) is 34.3 Å². The van der Waals surface area contributed by atoms with Gasteiger partial charge >= 0.3 is 11.9 Å². The van der Waals surface area contributed by atoms with Crippen molar-refractivity contribution < 1.29 is 30.1 Å². The summed E-state index contributed by atoms with van der Waals surface area (Å²) < 4.78 is 0. The first-order chi connectivity index (χ1) is 14.7. The number of nitrogens with zero attached hydrogens (tertiary/aromatic N) is 1. The molecule has 0 aliphatic heterocycles. The number of anilines is 1. The Morgan fingerprint density at radius 1 is 1.09 bits per heavy atom. The molecule has 3 aromatic rings. The van der Waals surface area contributed by atoms with Crippen molar-refractivity contribution >= 4 is 93.9 Å². The van der Waals surface area contributed by atoms with E-state index in [-0.39, 0.29) is 94.5 Å². The van der Waals surface area contributed by atoms with Gasteiger partial charge in [-0.15, -0.1) is 0 Å². The number of benzene rings is 1. The van der Waals surface area contributed by atoms with Crippen molar-refractivity contribution in [2.24, 2.45) is 0 Å². The van der Waals surface area contributed by atoms with E-state index in [0.717, 1.165) is 11.1 Å². The molecule has 0 saturated heterocycles. The molecule has 2 heterocycles. The van der Waals surface area contributed by atoms with Crippen molar-refractivity contribution in [3.63, 3.8) is 0 Å². The van der Waals surface area contributed by atoms with Gasteiger partial charge in [-0.05, 0) is 42.5 Å². The summed E-state index contributed by atoms with van der Waals surface area (Å²) in [5.74, 6) is -3.00. The number of fused-ring (bicyclic) bond motifs is 1. The van der Waals surface area contributed by atoms with Crippen LogP contribution < -0.4 is 16.6 Å². The number of rotatable bonds is 9. The SMILES string of the molecule is Nc1nc2[nH]cc(CCc3ccc(C(=O)N[C@@H](CCC(=O)O)C(=O)O)cc3)c2c(=O)[nH]1.O.[Na].[Na]. The molecule has 34 heavy (non-hydrogen) atoms. The number of carbonyl (C=O) groups is 3. The average molecular weight is 491 g/mol. The van der Waals surface area contributed by atoms with E-state index in [4.69, 9.17) is 15.9 Å². The van der Waals surface area contributed by atoms with Gasteiger partial charge in [-0.25, -0.2) is 4.79 Å². The predicted molar refractivity (Wildman–Crippen MR) is 126 cm³/mol. The quantitative estimate of drug-likeness (QED) is 0.205. The third-order valence-corrected chi connectivity index (χ3v) is 4.79. The van der Waals surface area contributed by atoms with Gasteiger partial charge in [0.2, 0.25) is 5.95 Å². The van der Waals surface area contributed by atoms with E-state index in [9.17, 15) is 19.2 Å². The summed E-state index contributed by atoms with van der Waals surface area (Å²) in [7, 11) is 0. The van der Waals surface area contributed by atoms with E-state index in [1.165, 1.54) is 0 Å². The smallest absolute Gasteiger partial charge is 0.326 e. The maximum absolute atomic E-state index is 12.3. The minimum absolute atomic E-state index is 0. The van der Waals surface area contributed by atoms with Crippen LogP contribution >= 0.6 is 0 Å². The number of carbonyl (C=O) groups excluding carboxylic acids is 1. The van der Waals surface area contributed by atoms with Gasteiger partial charge in [-0.2, -0.15) is 4.98 Å². The van der Waals surface area contributed by atoms with Crippen LogP contribution in [-0.4, -0.2) is 114 Å².